The lowest BCUT2D eigenvalue weighted by molar-refractivity contribution is -0.141. The van der Waals surface area contributed by atoms with Crippen LogP contribution in [-0.4, -0.2) is 77.0 Å². The summed E-state index contributed by atoms with van der Waals surface area (Å²) in [5.74, 6) is -0.881. The normalized spacial score (nSPS) is 15.9. The standard InChI is InChI=1S/C18H27N3O3/c1-15(2)21(14-18(23)24)13-17(22)20-10-8-19(9-11-20)12-16-6-4-3-5-7-16/h3-7,15H,8-14H2,1-2H3,(H,23,24). The Balaban J connectivity index is 1.80. The average molecular weight is 333 g/mol. The first-order valence-electron chi connectivity index (χ1n) is 8.45. The Morgan fingerprint density at radius 2 is 1.71 bits per heavy atom. The number of amides is 1. The van der Waals surface area contributed by atoms with Gasteiger partial charge in [-0.15, -0.1) is 0 Å². The van der Waals surface area contributed by atoms with E-state index in [1.807, 2.05) is 36.9 Å². The van der Waals surface area contributed by atoms with Gasteiger partial charge in [-0.05, 0) is 19.4 Å². The summed E-state index contributed by atoms with van der Waals surface area (Å²) in [5, 5.41) is 8.96. The fourth-order valence-corrected chi connectivity index (χ4v) is 2.87. The molecule has 132 valence electrons. The molecule has 1 aliphatic heterocycles. The van der Waals surface area contributed by atoms with E-state index in [1.165, 1.54) is 5.56 Å². The van der Waals surface area contributed by atoms with E-state index in [4.69, 9.17) is 5.11 Å². The summed E-state index contributed by atoms with van der Waals surface area (Å²) < 4.78 is 0. The van der Waals surface area contributed by atoms with Gasteiger partial charge in [0.2, 0.25) is 5.91 Å². The van der Waals surface area contributed by atoms with E-state index < -0.39 is 5.97 Å². The van der Waals surface area contributed by atoms with E-state index in [1.54, 1.807) is 4.90 Å². The van der Waals surface area contributed by atoms with Crippen molar-refractivity contribution < 1.29 is 14.7 Å². The van der Waals surface area contributed by atoms with Gasteiger partial charge in [0.05, 0.1) is 13.1 Å². The number of carbonyl (C=O) groups excluding carboxylic acids is 1. The van der Waals surface area contributed by atoms with Crippen LogP contribution in [0.2, 0.25) is 0 Å². The molecule has 1 amide bonds. The Kier molecular flexibility index (Phi) is 6.75. The highest BCUT2D eigenvalue weighted by molar-refractivity contribution is 5.79. The Morgan fingerprint density at radius 1 is 1.08 bits per heavy atom. The van der Waals surface area contributed by atoms with E-state index in [9.17, 15) is 9.59 Å². The van der Waals surface area contributed by atoms with Gasteiger partial charge in [0.25, 0.3) is 0 Å². The molecule has 6 heteroatoms. The van der Waals surface area contributed by atoms with Crippen molar-refractivity contribution in [1.82, 2.24) is 14.7 Å². The molecule has 0 radical (unpaired) electrons. The first-order chi connectivity index (χ1) is 11.5. The second kappa shape index (κ2) is 8.80. The van der Waals surface area contributed by atoms with Crippen molar-refractivity contribution in [2.24, 2.45) is 0 Å². The number of carboxylic acid groups (broad SMARTS) is 1. The molecule has 0 saturated carbocycles. The minimum atomic E-state index is -0.899. The zero-order valence-electron chi connectivity index (χ0n) is 14.5. The minimum absolute atomic E-state index is 0.0179. The van der Waals surface area contributed by atoms with Crippen molar-refractivity contribution in [2.75, 3.05) is 39.3 Å². The summed E-state index contributed by atoms with van der Waals surface area (Å²) in [6.07, 6.45) is 0. The van der Waals surface area contributed by atoms with E-state index in [-0.39, 0.29) is 25.0 Å². The molecule has 2 rings (SSSR count). The fraction of sp³-hybridized carbons (Fsp3) is 0.556. The van der Waals surface area contributed by atoms with Crippen molar-refractivity contribution in [3.63, 3.8) is 0 Å². The van der Waals surface area contributed by atoms with Gasteiger partial charge in [0.1, 0.15) is 0 Å². The molecule has 0 bridgehead atoms. The van der Waals surface area contributed by atoms with Crippen molar-refractivity contribution in [3.05, 3.63) is 35.9 Å². The van der Waals surface area contributed by atoms with Gasteiger partial charge in [-0.3, -0.25) is 19.4 Å². The van der Waals surface area contributed by atoms with Crippen LogP contribution in [0.15, 0.2) is 30.3 Å². The second-order valence-corrected chi connectivity index (χ2v) is 6.54. The van der Waals surface area contributed by atoms with Gasteiger partial charge in [-0.1, -0.05) is 30.3 Å². The maximum atomic E-state index is 12.4. The Morgan fingerprint density at radius 3 is 2.25 bits per heavy atom. The van der Waals surface area contributed by atoms with Crippen LogP contribution < -0.4 is 0 Å². The molecular weight excluding hydrogens is 306 g/mol. The molecule has 0 aromatic heterocycles. The summed E-state index contributed by atoms with van der Waals surface area (Å²) >= 11 is 0. The zero-order valence-corrected chi connectivity index (χ0v) is 14.5. The quantitative estimate of drug-likeness (QED) is 0.810. The Labute approximate surface area is 143 Å². The van der Waals surface area contributed by atoms with Gasteiger partial charge in [0, 0.05) is 38.8 Å². The predicted octanol–water partition coefficient (Wildman–Crippen LogP) is 1.13. The highest BCUT2D eigenvalue weighted by Crippen LogP contribution is 2.09. The number of aliphatic carboxylic acids is 1. The molecule has 1 fully saturated rings. The number of carbonyl (C=O) groups is 2. The highest BCUT2D eigenvalue weighted by Gasteiger charge is 2.24. The number of hydrogen-bond acceptors (Lipinski definition) is 4. The Hall–Kier alpha value is -1.92. The van der Waals surface area contributed by atoms with E-state index >= 15 is 0 Å². The molecule has 1 aliphatic rings. The van der Waals surface area contributed by atoms with Crippen molar-refractivity contribution in [2.45, 2.75) is 26.4 Å². The third-order valence-electron chi connectivity index (χ3n) is 4.38. The number of piperazine rings is 1. The lowest BCUT2D eigenvalue weighted by atomic mass is 10.2. The molecule has 24 heavy (non-hydrogen) atoms. The molecule has 6 nitrogen and oxygen atoms in total. The third-order valence-corrected chi connectivity index (χ3v) is 4.38. The third kappa shape index (κ3) is 5.62. The molecule has 0 unspecified atom stereocenters. The molecule has 1 N–H and O–H groups in total. The number of rotatable bonds is 7. The molecule has 0 aliphatic carbocycles. The summed E-state index contributed by atoms with van der Waals surface area (Å²) in [4.78, 5) is 29.2. The van der Waals surface area contributed by atoms with Crippen LogP contribution in [-0.2, 0) is 16.1 Å². The minimum Gasteiger partial charge on any atom is -0.480 e. The van der Waals surface area contributed by atoms with E-state index in [0.29, 0.717) is 13.1 Å². The SMILES string of the molecule is CC(C)N(CC(=O)O)CC(=O)N1CCN(Cc2ccccc2)CC1. The summed E-state index contributed by atoms with van der Waals surface area (Å²) in [5.41, 5.74) is 1.28. The smallest absolute Gasteiger partial charge is 0.317 e. The summed E-state index contributed by atoms with van der Waals surface area (Å²) in [6, 6.07) is 10.4. The highest BCUT2D eigenvalue weighted by atomic mass is 16.4. The van der Waals surface area contributed by atoms with Gasteiger partial charge in [0.15, 0.2) is 0 Å². The van der Waals surface area contributed by atoms with Crippen LogP contribution in [0.3, 0.4) is 0 Å². The van der Waals surface area contributed by atoms with Crippen LogP contribution >= 0.6 is 0 Å². The Bertz CT molecular complexity index is 540. The topological polar surface area (TPSA) is 64.1 Å². The fourth-order valence-electron chi connectivity index (χ4n) is 2.87. The van der Waals surface area contributed by atoms with Crippen LogP contribution in [0.1, 0.15) is 19.4 Å². The van der Waals surface area contributed by atoms with Gasteiger partial charge in [-0.2, -0.15) is 0 Å². The molecular formula is C18H27N3O3. The van der Waals surface area contributed by atoms with E-state index in [0.717, 1.165) is 19.6 Å². The van der Waals surface area contributed by atoms with Crippen LogP contribution in [0.4, 0.5) is 0 Å². The largest absolute Gasteiger partial charge is 0.480 e. The molecule has 0 atom stereocenters. The monoisotopic (exact) mass is 333 g/mol. The maximum absolute atomic E-state index is 12.4. The first-order valence-corrected chi connectivity index (χ1v) is 8.45. The second-order valence-electron chi connectivity index (χ2n) is 6.54. The van der Waals surface area contributed by atoms with Crippen molar-refractivity contribution >= 4 is 11.9 Å². The average Bonchev–Trinajstić information content (AvgIpc) is 2.55. The molecule has 1 saturated heterocycles. The van der Waals surface area contributed by atoms with Crippen LogP contribution in [0.25, 0.3) is 0 Å². The van der Waals surface area contributed by atoms with Crippen molar-refractivity contribution in [1.29, 1.82) is 0 Å². The summed E-state index contributed by atoms with van der Waals surface area (Å²) in [7, 11) is 0. The predicted molar refractivity (Wildman–Crippen MR) is 92.6 cm³/mol. The van der Waals surface area contributed by atoms with Crippen LogP contribution in [0, 0.1) is 0 Å². The molecule has 0 spiro atoms. The van der Waals surface area contributed by atoms with Gasteiger partial charge in [-0.25, -0.2) is 0 Å². The van der Waals surface area contributed by atoms with Gasteiger partial charge < -0.3 is 10.0 Å². The molecule has 1 aromatic carbocycles. The first kappa shape index (κ1) is 18.4. The lowest BCUT2D eigenvalue weighted by Crippen LogP contribution is -2.52. The number of benzene rings is 1. The zero-order chi connectivity index (χ0) is 17.5. The van der Waals surface area contributed by atoms with Crippen molar-refractivity contribution in [3.8, 4) is 0 Å². The maximum Gasteiger partial charge on any atom is 0.317 e. The number of hydrogen-bond donors (Lipinski definition) is 1. The number of carboxylic acids is 1. The van der Waals surface area contributed by atoms with E-state index in [2.05, 4.69) is 17.0 Å². The molecule has 1 aromatic rings. The summed E-state index contributed by atoms with van der Waals surface area (Å²) in [6.45, 7) is 7.89. The molecule has 1 heterocycles. The van der Waals surface area contributed by atoms with Crippen LogP contribution in [0.5, 0.6) is 0 Å². The lowest BCUT2D eigenvalue weighted by Gasteiger charge is -2.36. The number of nitrogens with zero attached hydrogens (tertiary/aromatic N) is 3. The van der Waals surface area contributed by atoms with Gasteiger partial charge >= 0.3 is 5.97 Å².